The van der Waals surface area contributed by atoms with Gasteiger partial charge in [-0.1, -0.05) is 37.8 Å². The van der Waals surface area contributed by atoms with E-state index in [1.54, 1.807) is 18.5 Å². The summed E-state index contributed by atoms with van der Waals surface area (Å²) in [6.45, 7) is 4.80. The minimum atomic E-state index is 0.607. The molecule has 1 aromatic rings. The maximum atomic E-state index is 5.80. The van der Waals surface area contributed by atoms with Gasteiger partial charge in [-0.3, -0.25) is 4.98 Å². The molecule has 0 aromatic carbocycles. The molecule has 1 rings (SSSR count). The Bertz CT molecular complexity index is 307. The van der Waals surface area contributed by atoms with Crippen LogP contribution in [0.1, 0.15) is 32.6 Å². The highest BCUT2D eigenvalue weighted by molar-refractivity contribution is 6.30. The molecule has 4 heteroatoms. The fraction of sp³-hybridized carbons (Fsp3) is 0.615. The minimum Gasteiger partial charge on any atom is -0.491 e. The molecule has 3 nitrogen and oxygen atoms in total. The van der Waals surface area contributed by atoms with Crippen LogP contribution in [0.2, 0.25) is 5.02 Å². The highest BCUT2D eigenvalue weighted by atomic mass is 35.5. The summed E-state index contributed by atoms with van der Waals surface area (Å²) in [5.41, 5.74) is 0. The first kappa shape index (κ1) is 14.3. The van der Waals surface area contributed by atoms with Crippen LogP contribution >= 0.6 is 11.6 Å². The van der Waals surface area contributed by atoms with Crippen LogP contribution in [0.4, 0.5) is 0 Å². The van der Waals surface area contributed by atoms with E-state index in [-0.39, 0.29) is 0 Å². The number of aromatic nitrogens is 1. The molecule has 0 aliphatic heterocycles. The molecule has 0 unspecified atom stereocenters. The molecule has 0 aliphatic carbocycles. The van der Waals surface area contributed by atoms with Crippen LogP contribution < -0.4 is 10.1 Å². The van der Waals surface area contributed by atoms with Gasteiger partial charge in [0.15, 0.2) is 0 Å². The Hall–Kier alpha value is -0.800. The summed E-state index contributed by atoms with van der Waals surface area (Å²) >= 11 is 5.80. The average molecular weight is 257 g/mol. The van der Waals surface area contributed by atoms with Crippen LogP contribution in [0.5, 0.6) is 5.75 Å². The highest BCUT2D eigenvalue weighted by Crippen LogP contribution is 2.14. The van der Waals surface area contributed by atoms with Crippen LogP contribution in [0, 0.1) is 0 Å². The molecule has 0 bridgehead atoms. The molecular weight excluding hydrogens is 236 g/mol. The second-order valence-corrected chi connectivity index (χ2v) is 4.43. The van der Waals surface area contributed by atoms with E-state index in [4.69, 9.17) is 16.3 Å². The summed E-state index contributed by atoms with van der Waals surface area (Å²) in [4.78, 5) is 3.96. The van der Waals surface area contributed by atoms with Crippen molar-refractivity contribution < 1.29 is 4.74 Å². The van der Waals surface area contributed by atoms with Crippen molar-refractivity contribution in [3.05, 3.63) is 23.5 Å². The predicted molar refractivity (Wildman–Crippen MR) is 71.8 cm³/mol. The van der Waals surface area contributed by atoms with Crippen LogP contribution in [-0.2, 0) is 0 Å². The third-order valence-electron chi connectivity index (χ3n) is 2.43. The number of rotatable bonds is 9. The van der Waals surface area contributed by atoms with Crippen molar-refractivity contribution in [3.8, 4) is 5.75 Å². The first-order chi connectivity index (χ1) is 8.33. The normalized spacial score (nSPS) is 10.5. The first-order valence-electron chi connectivity index (χ1n) is 6.27. The van der Waals surface area contributed by atoms with Crippen LogP contribution in [0.25, 0.3) is 0 Å². The maximum Gasteiger partial charge on any atom is 0.139 e. The van der Waals surface area contributed by atoms with Crippen molar-refractivity contribution >= 4 is 11.6 Å². The van der Waals surface area contributed by atoms with Crippen molar-refractivity contribution in [2.45, 2.75) is 32.6 Å². The van der Waals surface area contributed by atoms with E-state index in [1.807, 2.05) is 0 Å². The van der Waals surface area contributed by atoms with E-state index in [1.165, 1.54) is 25.7 Å². The van der Waals surface area contributed by atoms with Gasteiger partial charge in [0.2, 0.25) is 0 Å². The average Bonchev–Trinajstić information content (AvgIpc) is 2.33. The van der Waals surface area contributed by atoms with Gasteiger partial charge >= 0.3 is 0 Å². The molecule has 0 saturated heterocycles. The standard InChI is InChI=1S/C13H21ClN2O/c1-2-3-4-5-6-15-7-8-17-13-9-12(14)10-16-11-13/h9-11,15H,2-8H2,1H3. The first-order valence-corrected chi connectivity index (χ1v) is 6.65. The Balaban J connectivity index is 1.97. The predicted octanol–water partition coefficient (Wildman–Crippen LogP) is 3.28. The lowest BCUT2D eigenvalue weighted by molar-refractivity contribution is 0.312. The number of nitrogens with zero attached hydrogens (tertiary/aromatic N) is 1. The number of pyridine rings is 1. The lowest BCUT2D eigenvalue weighted by Crippen LogP contribution is -2.22. The second kappa shape index (κ2) is 9.25. The monoisotopic (exact) mass is 256 g/mol. The fourth-order valence-electron chi connectivity index (χ4n) is 1.51. The van der Waals surface area contributed by atoms with Crippen molar-refractivity contribution in [2.24, 2.45) is 0 Å². The van der Waals surface area contributed by atoms with Gasteiger partial charge in [-0.2, -0.15) is 0 Å². The largest absolute Gasteiger partial charge is 0.491 e. The zero-order valence-electron chi connectivity index (χ0n) is 10.4. The van der Waals surface area contributed by atoms with Crippen molar-refractivity contribution in [3.63, 3.8) is 0 Å². The number of nitrogens with one attached hydrogen (secondary N) is 1. The molecule has 0 atom stereocenters. The molecule has 1 heterocycles. The van der Waals surface area contributed by atoms with E-state index in [2.05, 4.69) is 17.2 Å². The van der Waals surface area contributed by atoms with Gasteiger partial charge in [0.25, 0.3) is 0 Å². The summed E-state index contributed by atoms with van der Waals surface area (Å²) in [5, 5.41) is 3.96. The number of unbranched alkanes of at least 4 members (excludes halogenated alkanes) is 3. The SMILES string of the molecule is CCCCCCNCCOc1cncc(Cl)c1. The summed E-state index contributed by atoms with van der Waals surface area (Å²) < 4.78 is 5.51. The molecule has 0 aliphatic rings. The molecule has 0 amide bonds. The van der Waals surface area contributed by atoms with Gasteiger partial charge in [0.05, 0.1) is 11.2 Å². The number of halogens is 1. The Morgan fingerprint density at radius 3 is 2.88 bits per heavy atom. The van der Waals surface area contributed by atoms with Crippen molar-refractivity contribution in [1.29, 1.82) is 0 Å². The summed E-state index contributed by atoms with van der Waals surface area (Å²) in [6.07, 6.45) is 8.43. The Morgan fingerprint density at radius 1 is 1.24 bits per heavy atom. The smallest absolute Gasteiger partial charge is 0.139 e. The van der Waals surface area contributed by atoms with E-state index in [9.17, 15) is 0 Å². The zero-order valence-corrected chi connectivity index (χ0v) is 11.2. The van der Waals surface area contributed by atoms with Crippen molar-refractivity contribution in [2.75, 3.05) is 19.7 Å². The molecule has 0 saturated carbocycles. The van der Waals surface area contributed by atoms with Crippen LogP contribution in [0.15, 0.2) is 18.5 Å². The topological polar surface area (TPSA) is 34.1 Å². The maximum absolute atomic E-state index is 5.80. The van der Waals surface area contributed by atoms with Gasteiger partial charge < -0.3 is 10.1 Å². The van der Waals surface area contributed by atoms with Crippen LogP contribution in [0.3, 0.4) is 0 Å². The minimum absolute atomic E-state index is 0.607. The molecule has 0 spiro atoms. The molecule has 17 heavy (non-hydrogen) atoms. The molecule has 1 N–H and O–H groups in total. The van der Waals surface area contributed by atoms with Gasteiger partial charge in [0, 0.05) is 18.8 Å². The Morgan fingerprint density at radius 2 is 2.12 bits per heavy atom. The van der Waals surface area contributed by atoms with Gasteiger partial charge in [-0.25, -0.2) is 0 Å². The summed E-state index contributed by atoms with van der Waals surface area (Å²) in [7, 11) is 0. The van der Waals surface area contributed by atoms with Crippen LogP contribution in [-0.4, -0.2) is 24.7 Å². The molecule has 96 valence electrons. The molecule has 1 aromatic heterocycles. The lowest BCUT2D eigenvalue weighted by atomic mass is 10.2. The molecule has 0 fully saturated rings. The Labute approximate surface area is 109 Å². The van der Waals surface area contributed by atoms with Gasteiger partial charge in [-0.15, -0.1) is 0 Å². The third kappa shape index (κ3) is 7.18. The Kier molecular flexibility index (Phi) is 7.76. The van der Waals surface area contributed by atoms with E-state index in [0.717, 1.165) is 18.8 Å². The quantitative estimate of drug-likeness (QED) is 0.689. The second-order valence-electron chi connectivity index (χ2n) is 4.00. The van der Waals surface area contributed by atoms with Gasteiger partial charge in [-0.05, 0) is 13.0 Å². The van der Waals surface area contributed by atoms with Crippen molar-refractivity contribution in [1.82, 2.24) is 10.3 Å². The van der Waals surface area contributed by atoms with E-state index in [0.29, 0.717) is 11.6 Å². The zero-order chi connectivity index (χ0) is 12.3. The summed E-state index contributed by atoms with van der Waals surface area (Å²) in [5.74, 6) is 0.727. The number of hydrogen-bond acceptors (Lipinski definition) is 3. The third-order valence-corrected chi connectivity index (χ3v) is 2.64. The van der Waals surface area contributed by atoms with E-state index >= 15 is 0 Å². The summed E-state index contributed by atoms with van der Waals surface area (Å²) in [6, 6.07) is 1.77. The molecular formula is C13H21ClN2O. The fourth-order valence-corrected chi connectivity index (χ4v) is 1.68. The van der Waals surface area contributed by atoms with E-state index < -0.39 is 0 Å². The number of hydrogen-bond donors (Lipinski definition) is 1. The number of ether oxygens (including phenoxy) is 1. The molecule has 0 radical (unpaired) electrons. The van der Waals surface area contributed by atoms with Gasteiger partial charge in [0.1, 0.15) is 12.4 Å². The lowest BCUT2D eigenvalue weighted by Gasteiger charge is -2.07. The highest BCUT2D eigenvalue weighted by Gasteiger charge is 1.95.